The summed E-state index contributed by atoms with van der Waals surface area (Å²) in [4.78, 5) is 42.5. The first-order chi connectivity index (χ1) is 14.9. The van der Waals surface area contributed by atoms with Gasteiger partial charge in [0.15, 0.2) is 0 Å². The lowest BCUT2D eigenvalue weighted by atomic mass is 10.0. The van der Waals surface area contributed by atoms with E-state index in [1.54, 1.807) is 31.2 Å². The Kier molecular flexibility index (Phi) is 9.23. The lowest BCUT2D eigenvalue weighted by Crippen LogP contribution is -2.17. The van der Waals surface area contributed by atoms with Gasteiger partial charge in [-0.25, -0.2) is 9.59 Å². The Hall–Kier alpha value is -3.17. The Morgan fingerprint density at radius 3 is 2.32 bits per heavy atom. The number of aliphatic hydroxyl groups is 1. The summed E-state index contributed by atoms with van der Waals surface area (Å²) in [6.07, 6.45) is 0.124. The summed E-state index contributed by atoms with van der Waals surface area (Å²) in [5.74, 6) is -1.16. The van der Waals surface area contributed by atoms with Crippen LogP contribution in [0, 0.1) is 0 Å². The third-order valence-electron chi connectivity index (χ3n) is 3.96. The van der Waals surface area contributed by atoms with Crippen molar-refractivity contribution in [3.8, 4) is 5.75 Å². The highest BCUT2D eigenvalue weighted by Crippen LogP contribution is 2.31. The number of hydrogen-bond acceptors (Lipinski definition) is 9. The van der Waals surface area contributed by atoms with Gasteiger partial charge < -0.3 is 19.4 Å². The van der Waals surface area contributed by atoms with Gasteiger partial charge in [0.2, 0.25) is 5.78 Å². The number of carbonyl (C=O) groups is 3. The summed E-state index contributed by atoms with van der Waals surface area (Å²) < 4.78 is 10.1. The number of esters is 1. The molecule has 31 heavy (non-hydrogen) atoms. The predicted molar refractivity (Wildman–Crippen MR) is 115 cm³/mol. The van der Waals surface area contributed by atoms with E-state index in [-0.39, 0.29) is 36.5 Å². The molecule has 0 aliphatic heterocycles. The van der Waals surface area contributed by atoms with E-state index in [1.807, 2.05) is 12.1 Å². The fourth-order valence-electron chi connectivity index (χ4n) is 2.39. The first-order valence-electron chi connectivity index (χ1n) is 9.42. The monoisotopic (exact) mass is 445 g/mol. The Morgan fingerprint density at radius 1 is 1.03 bits per heavy atom. The van der Waals surface area contributed by atoms with Crippen LogP contribution in [0.1, 0.15) is 41.0 Å². The quantitative estimate of drug-likeness (QED) is 0.194. The smallest absolute Gasteiger partial charge is 0.338 e. The molecule has 0 saturated heterocycles. The van der Waals surface area contributed by atoms with Gasteiger partial charge in [-0.15, -0.1) is 0 Å². The summed E-state index contributed by atoms with van der Waals surface area (Å²) >= 11 is 1.38. The molecule has 0 heterocycles. The van der Waals surface area contributed by atoms with Crippen LogP contribution < -0.4 is 4.74 Å². The second-order valence-electron chi connectivity index (χ2n) is 6.17. The number of ketones is 1. The molecule has 164 valence electrons. The number of oxime groups is 1. The van der Waals surface area contributed by atoms with Gasteiger partial charge in [0, 0.05) is 21.8 Å². The first-order valence-corrected chi connectivity index (χ1v) is 10.2. The zero-order valence-electron chi connectivity index (χ0n) is 17.4. The molecule has 0 atom stereocenters. The molecular formula is C22H23NO7S. The predicted octanol–water partition coefficient (Wildman–Crippen LogP) is 3.51. The van der Waals surface area contributed by atoms with Crippen molar-refractivity contribution in [2.75, 3.05) is 20.3 Å². The number of Topliss-reactive ketones (excluding diaryl/α,β-unsaturated/α-hetero) is 1. The van der Waals surface area contributed by atoms with Crippen LogP contribution in [0.15, 0.2) is 57.4 Å². The van der Waals surface area contributed by atoms with Gasteiger partial charge in [0.1, 0.15) is 18.1 Å². The van der Waals surface area contributed by atoms with Crippen molar-refractivity contribution in [2.45, 2.75) is 30.1 Å². The van der Waals surface area contributed by atoms with Crippen molar-refractivity contribution in [3.05, 3.63) is 53.6 Å². The third-order valence-corrected chi connectivity index (χ3v) is 4.96. The van der Waals surface area contributed by atoms with Crippen molar-refractivity contribution < 1.29 is 33.8 Å². The Labute approximate surface area is 184 Å². The van der Waals surface area contributed by atoms with Gasteiger partial charge >= 0.3 is 11.9 Å². The van der Waals surface area contributed by atoms with Crippen LogP contribution in [0.4, 0.5) is 0 Å². The van der Waals surface area contributed by atoms with E-state index in [9.17, 15) is 14.4 Å². The molecule has 0 spiro atoms. The second-order valence-corrected chi connectivity index (χ2v) is 7.31. The number of methoxy groups -OCH3 is 1. The molecule has 0 amide bonds. The second kappa shape index (κ2) is 11.9. The molecular weight excluding hydrogens is 422 g/mol. The Morgan fingerprint density at radius 2 is 1.71 bits per heavy atom. The van der Waals surface area contributed by atoms with E-state index in [1.165, 1.54) is 31.9 Å². The minimum Gasteiger partial charge on any atom is -0.491 e. The highest BCUT2D eigenvalue weighted by atomic mass is 32.2. The zero-order valence-corrected chi connectivity index (χ0v) is 18.2. The number of aliphatic hydroxyl groups excluding tert-OH is 1. The van der Waals surface area contributed by atoms with Crippen LogP contribution in [-0.2, 0) is 14.4 Å². The number of benzene rings is 2. The summed E-state index contributed by atoms with van der Waals surface area (Å²) in [6, 6.07) is 12.0. The SMILES string of the molecule is CCC(=O)O/N=C(\C)C(=O)c1ccc(Sc2ccc(OCCO)cc2)cc1C(=O)OC. The standard InChI is InChI=1S/C22H23NO7S/c1-4-20(25)30-23-14(2)21(26)18-10-9-17(13-19(18)22(27)28-3)31-16-7-5-15(6-8-16)29-12-11-24/h5-10,13,24H,4,11-12H2,1-3H3/b23-14+. The minimum absolute atomic E-state index is 0.0641. The molecule has 1 N–H and O–H groups in total. The largest absolute Gasteiger partial charge is 0.491 e. The molecule has 0 saturated carbocycles. The molecule has 2 aromatic carbocycles. The van der Waals surface area contributed by atoms with Gasteiger partial charge in [-0.05, 0) is 49.4 Å². The normalized spacial score (nSPS) is 11.0. The topological polar surface area (TPSA) is 111 Å². The van der Waals surface area contributed by atoms with Crippen LogP contribution in [0.25, 0.3) is 0 Å². The number of ether oxygens (including phenoxy) is 2. The highest BCUT2D eigenvalue weighted by molar-refractivity contribution is 7.99. The average molecular weight is 445 g/mol. The third kappa shape index (κ3) is 6.94. The van der Waals surface area contributed by atoms with E-state index in [2.05, 4.69) is 9.99 Å². The molecule has 2 rings (SSSR count). The number of carbonyl (C=O) groups excluding carboxylic acids is 3. The van der Waals surface area contributed by atoms with E-state index in [0.29, 0.717) is 10.6 Å². The molecule has 2 aromatic rings. The first kappa shape index (κ1) is 24.1. The zero-order chi connectivity index (χ0) is 22.8. The van der Waals surface area contributed by atoms with E-state index in [0.717, 1.165) is 4.90 Å². The van der Waals surface area contributed by atoms with Crippen molar-refractivity contribution >= 4 is 35.2 Å². The van der Waals surface area contributed by atoms with E-state index >= 15 is 0 Å². The lowest BCUT2D eigenvalue weighted by Gasteiger charge is -2.10. The van der Waals surface area contributed by atoms with Gasteiger partial charge in [-0.3, -0.25) is 4.79 Å². The number of nitrogens with zero attached hydrogens (tertiary/aromatic N) is 1. The highest BCUT2D eigenvalue weighted by Gasteiger charge is 2.21. The van der Waals surface area contributed by atoms with Crippen molar-refractivity contribution in [1.29, 1.82) is 0 Å². The molecule has 0 fully saturated rings. The van der Waals surface area contributed by atoms with Gasteiger partial charge in [0.05, 0.1) is 19.3 Å². The van der Waals surface area contributed by atoms with Crippen LogP contribution in [0.2, 0.25) is 0 Å². The van der Waals surface area contributed by atoms with Gasteiger partial charge in [-0.1, -0.05) is 23.8 Å². The van der Waals surface area contributed by atoms with Crippen LogP contribution in [0.3, 0.4) is 0 Å². The van der Waals surface area contributed by atoms with Gasteiger partial charge in [0.25, 0.3) is 0 Å². The van der Waals surface area contributed by atoms with Crippen LogP contribution >= 0.6 is 11.8 Å². The average Bonchev–Trinajstić information content (AvgIpc) is 2.80. The molecule has 0 aliphatic carbocycles. The molecule has 0 unspecified atom stereocenters. The maximum absolute atomic E-state index is 12.7. The molecule has 0 aromatic heterocycles. The van der Waals surface area contributed by atoms with Crippen molar-refractivity contribution in [2.24, 2.45) is 5.16 Å². The van der Waals surface area contributed by atoms with Crippen molar-refractivity contribution in [3.63, 3.8) is 0 Å². The summed E-state index contributed by atoms with van der Waals surface area (Å²) in [6.45, 7) is 3.15. The summed E-state index contributed by atoms with van der Waals surface area (Å²) in [7, 11) is 1.23. The van der Waals surface area contributed by atoms with Crippen LogP contribution in [0.5, 0.6) is 5.75 Å². The maximum Gasteiger partial charge on any atom is 0.338 e. The molecule has 8 nitrogen and oxygen atoms in total. The molecule has 9 heteroatoms. The Balaban J connectivity index is 2.26. The molecule has 0 bridgehead atoms. The fraction of sp³-hybridized carbons (Fsp3) is 0.273. The number of rotatable bonds is 10. The summed E-state index contributed by atoms with van der Waals surface area (Å²) in [5, 5.41) is 12.4. The van der Waals surface area contributed by atoms with E-state index < -0.39 is 17.7 Å². The molecule has 0 aliphatic rings. The lowest BCUT2D eigenvalue weighted by molar-refractivity contribution is -0.143. The fourth-order valence-corrected chi connectivity index (χ4v) is 3.24. The number of hydrogen-bond donors (Lipinski definition) is 1. The van der Waals surface area contributed by atoms with Crippen molar-refractivity contribution in [1.82, 2.24) is 0 Å². The van der Waals surface area contributed by atoms with Crippen LogP contribution in [-0.4, -0.2) is 48.9 Å². The minimum atomic E-state index is -0.670. The summed E-state index contributed by atoms with van der Waals surface area (Å²) in [5.41, 5.74) is 0.111. The van der Waals surface area contributed by atoms with Gasteiger partial charge in [-0.2, -0.15) is 0 Å². The Bertz CT molecular complexity index is 970. The molecule has 0 radical (unpaired) electrons. The maximum atomic E-state index is 12.7. The van der Waals surface area contributed by atoms with E-state index in [4.69, 9.17) is 14.6 Å².